The molecule has 0 aliphatic heterocycles. The molecule has 0 bridgehead atoms. The van der Waals surface area contributed by atoms with Gasteiger partial charge in [0.25, 0.3) is 6.29 Å². The minimum absolute atomic E-state index is 0.0412. The Morgan fingerprint density at radius 1 is 1.22 bits per heavy atom. The van der Waals surface area contributed by atoms with Gasteiger partial charge >= 0.3 is 5.97 Å². The van der Waals surface area contributed by atoms with Gasteiger partial charge in [0.05, 0.1) is 0 Å². The fourth-order valence-electron chi connectivity index (χ4n) is 1.19. The normalized spacial score (nSPS) is 11.8. The summed E-state index contributed by atoms with van der Waals surface area (Å²) in [4.78, 5) is 22.4. The number of aliphatic hydroxyl groups excluding tert-OH is 1. The summed E-state index contributed by atoms with van der Waals surface area (Å²) in [5, 5.41) is 17.5. The number of carboxylic acids is 1. The van der Waals surface area contributed by atoms with Crippen LogP contribution in [0.2, 0.25) is 0 Å². The molecule has 2 rings (SSSR count). The molecule has 2 heterocycles. The van der Waals surface area contributed by atoms with E-state index in [9.17, 15) is 4.79 Å². The molecule has 0 saturated carbocycles. The predicted octanol–water partition coefficient (Wildman–Crippen LogP) is 0.320. The summed E-state index contributed by atoms with van der Waals surface area (Å²) in [5.74, 6) is -1.25. The molecule has 2 N–H and O–H groups in total. The first-order valence-electron chi connectivity index (χ1n) is 4.99. The lowest BCUT2D eigenvalue weighted by Gasteiger charge is -2.08. The SMILES string of the molecule is O=C(O)C(O)Oc1ccnc(-c2ccccn2)n1. The third-order valence-electron chi connectivity index (χ3n) is 1.97. The minimum atomic E-state index is -1.96. The fourth-order valence-corrected chi connectivity index (χ4v) is 1.19. The third kappa shape index (κ3) is 2.77. The van der Waals surface area contributed by atoms with Gasteiger partial charge in [-0.1, -0.05) is 6.07 Å². The Kier molecular flexibility index (Phi) is 3.44. The highest BCUT2D eigenvalue weighted by atomic mass is 16.6. The predicted molar refractivity (Wildman–Crippen MR) is 59.5 cm³/mol. The summed E-state index contributed by atoms with van der Waals surface area (Å²) in [6.45, 7) is 0. The maximum absolute atomic E-state index is 10.4. The Bertz CT molecular complexity index is 547. The van der Waals surface area contributed by atoms with Crippen molar-refractivity contribution in [2.75, 3.05) is 0 Å². The number of pyridine rings is 1. The molecule has 7 nitrogen and oxygen atoms in total. The first-order chi connectivity index (χ1) is 8.66. The van der Waals surface area contributed by atoms with E-state index >= 15 is 0 Å². The molecule has 0 spiro atoms. The van der Waals surface area contributed by atoms with Gasteiger partial charge in [-0.05, 0) is 12.1 Å². The van der Waals surface area contributed by atoms with Crippen LogP contribution in [-0.4, -0.2) is 37.4 Å². The van der Waals surface area contributed by atoms with E-state index in [0.29, 0.717) is 5.69 Å². The van der Waals surface area contributed by atoms with Crippen molar-refractivity contribution in [3.63, 3.8) is 0 Å². The van der Waals surface area contributed by atoms with Gasteiger partial charge in [-0.15, -0.1) is 0 Å². The second kappa shape index (κ2) is 5.19. The Balaban J connectivity index is 2.23. The molecule has 0 aliphatic rings. The quantitative estimate of drug-likeness (QED) is 0.749. The second-order valence-corrected chi connectivity index (χ2v) is 3.24. The van der Waals surface area contributed by atoms with Crippen molar-refractivity contribution < 1.29 is 19.7 Å². The van der Waals surface area contributed by atoms with Crippen molar-refractivity contribution in [1.82, 2.24) is 15.0 Å². The van der Waals surface area contributed by atoms with Crippen molar-refractivity contribution in [3.05, 3.63) is 36.7 Å². The van der Waals surface area contributed by atoms with Crippen molar-refractivity contribution in [2.45, 2.75) is 6.29 Å². The molecule has 1 unspecified atom stereocenters. The smallest absolute Gasteiger partial charge is 0.373 e. The molecular weight excluding hydrogens is 238 g/mol. The molecule has 0 saturated heterocycles. The number of aromatic nitrogens is 3. The largest absolute Gasteiger partial charge is 0.477 e. The van der Waals surface area contributed by atoms with E-state index in [2.05, 4.69) is 15.0 Å². The average molecular weight is 247 g/mol. The molecular formula is C11H9N3O4. The van der Waals surface area contributed by atoms with Crippen molar-refractivity contribution in [2.24, 2.45) is 0 Å². The van der Waals surface area contributed by atoms with Crippen molar-refractivity contribution in [3.8, 4) is 17.4 Å². The molecule has 0 fully saturated rings. The van der Waals surface area contributed by atoms with Crippen LogP contribution < -0.4 is 4.74 Å². The number of nitrogens with zero attached hydrogens (tertiary/aromatic N) is 3. The van der Waals surface area contributed by atoms with Gasteiger partial charge in [-0.2, -0.15) is 4.98 Å². The highest BCUT2D eigenvalue weighted by molar-refractivity contribution is 5.70. The van der Waals surface area contributed by atoms with E-state index in [1.165, 1.54) is 12.3 Å². The zero-order valence-corrected chi connectivity index (χ0v) is 9.09. The summed E-state index contributed by atoms with van der Waals surface area (Å²) in [7, 11) is 0. The van der Waals surface area contributed by atoms with Gasteiger partial charge in [-0.25, -0.2) is 9.78 Å². The van der Waals surface area contributed by atoms with Crippen LogP contribution in [0.3, 0.4) is 0 Å². The second-order valence-electron chi connectivity index (χ2n) is 3.24. The zero-order chi connectivity index (χ0) is 13.0. The Morgan fingerprint density at radius 3 is 2.72 bits per heavy atom. The van der Waals surface area contributed by atoms with Crippen LogP contribution >= 0.6 is 0 Å². The Labute approximate surface area is 102 Å². The number of aliphatic carboxylic acids is 1. The fraction of sp³-hybridized carbons (Fsp3) is 0.0909. The van der Waals surface area contributed by atoms with Crippen LogP contribution in [0.1, 0.15) is 0 Å². The third-order valence-corrected chi connectivity index (χ3v) is 1.97. The van der Waals surface area contributed by atoms with Crippen LogP contribution in [0.4, 0.5) is 0 Å². The maximum Gasteiger partial charge on any atom is 0.373 e. The summed E-state index contributed by atoms with van der Waals surface area (Å²) in [6.07, 6.45) is 1.01. The molecule has 2 aromatic rings. The van der Waals surface area contributed by atoms with Crippen LogP contribution in [0.5, 0.6) is 5.88 Å². The molecule has 1 atom stereocenters. The lowest BCUT2D eigenvalue weighted by atomic mass is 10.3. The summed E-state index contributed by atoms with van der Waals surface area (Å²) in [5.41, 5.74) is 0.521. The van der Waals surface area contributed by atoms with Crippen LogP contribution in [0.15, 0.2) is 36.7 Å². The van der Waals surface area contributed by atoms with Crippen LogP contribution in [0.25, 0.3) is 11.5 Å². The van der Waals surface area contributed by atoms with E-state index in [0.717, 1.165) is 0 Å². The van der Waals surface area contributed by atoms with Crippen LogP contribution in [0, 0.1) is 0 Å². The highest BCUT2D eigenvalue weighted by Crippen LogP contribution is 2.14. The number of carbonyl (C=O) groups is 1. The number of hydrogen-bond donors (Lipinski definition) is 2. The molecule has 0 radical (unpaired) electrons. The number of rotatable bonds is 4. The summed E-state index contributed by atoms with van der Waals surface area (Å²) >= 11 is 0. The van der Waals surface area contributed by atoms with Gasteiger partial charge in [0.2, 0.25) is 5.88 Å². The standard InChI is InChI=1S/C11H9N3O4/c15-10(16)11(17)18-8-4-6-13-9(14-8)7-3-1-2-5-12-7/h1-6,11,17H,(H,15,16). The van der Waals surface area contributed by atoms with Gasteiger partial charge in [-0.3, -0.25) is 4.98 Å². The number of aliphatic hydroxyl groups is 1. The van der Waals surface area contributed by atoms with E-state index in [-0.39, 0.29) is 11.7 Å². The van der Waals surface area contributed by atoms with Gasteiger partial charge in [0, 0.05) is 18.5 Å². The molecule has 0 amide bonds. The zero-order valence-electron chi connectivity index (χ0n) is 9.09. The van der Waals surface area contributed by atoms with E-state index in [1.54, 1.807) is 24.4 Å². The Hall–Kier alpha value is -2.54. The number of ether oxygens (including phenoxy) is 1. The van der Waals surface area contributed by atoms with E-state index in [4.69, 9.17) is 14.9 Å². The first-order valence-corrected chi connectivity index (χ1v) is 4.99. The lowest BCUT2D eigenvalue weighted by Crippen LogP contribution is -2.26. The van der Waals surface area contributed by atoms with E-state index < -0.39 is 12.3 Å². The molecule has 7 heteroatoms. The Morgan fingerprint density at radius 2 is 2.06 bits per heavy atom. The monoisotopic (exact) mass is 247 g/mol. The van der Waals surface area contributed by atoms with Gasteiger partial charge < -0.3 is 14.9 Å². The van der Waals surface area contributed by atoms with Gasteiger partial charge in [0.15, 0.2) is 5.82 Å². The summed E-state index contributed by atoms with van der Waals surface area (Å²) in [6, 6.07) is 6.56. The molecule has 0 aromatic carbocycles. The van der Waals surface area contributed by atoms with Crippen LogP contribution in [-0.2, 0) is 4.79 Å². The maximum atomic E-state index is 10.4. The van der Waals surface area contributed by atoms with Crippen molar-refractivity contribution in [1.29, 1.82) is 0 Å². The highest BCUT2D eigenvalue weighted by Gasteiger charge is 2.16. The topological polar surface area (TPSA) is 105 Å². The first kappa shape index (κ1) is 11.9. The molecule has 0 aliphatic carbocycles. The minimum Gasteiger partial charge on any atom is -0.477 e. The number of carboxylic acid groups (broad SMARTS) is 1. The average Bonchev–Trinajstić information content (AvgIpc) is 2.40. The van der Waals surface area contributed by atoms with E-state index in [1.807, 2.05) is 0 Å². The van der Waals surface area contributed by atoms with Gasteiger partial charge in [0.1, 0.15) is 5.69 Å². The molecule has 92 valence electrons. The molecule has 18 heavy (non-hydrogen) atoms. The molecule has 2 aromatic heterocycles. The summed E-state index contributed by atoms with van der Waals surface area (Å²) < 4.78 is 4.72. The lowest BCUT2D eigenvalue weighted by molar-refractivity contribution is -0.162. The number of hydrogen-bond acceptors (Lipinski definition) is 6. The van der Waals surface area contributed by atoms with Crippen molar-refractivity contribution >= 4 is 5.97 Å².